The molecule has 5 heteroatoms. The standard InChI is InChI=1S/C52H33BN2O2/c1-4-17-36(18-5-1)54(37-19-6-2-7-20-37)39-27-28-42-43-32-49-45(33-47(43)55(46(42)31-39)38-21-8-3-9-22-38)53-44-25-12-13-26-48(44)56-50-29-35(30-51(57-49)52(50)53)41-24-14-16-34-15-10-11-23-40(34)41/h1-33H. The van der Waals surface area contributed by atoms with Crippen LogP contribution in [0.1, 0.15) is 0 Å². The number of hydrogen-bond donors (Lipinski definition) is 0. The number of rotatable bonds is 5. The van der Waals surface area contributed by atoms with E-state index in [1.165, 1.54) is 10.8 Å². The van der Waals surface area contributed by atoms with E-state index in [0.29, 0.717) is 0 Å². The molecule has 4 nitrogen and oxygen atoms in total. The van der Waals surface area contributed by atoms with Crippen molar-refractivity contribution in [3.05, 3.63) is 200 Å². The first kappa shape index (κ1) is 31.8. The first-order chi connectivity index (χ1) is 28.3. The van der Waals surface area contributed by atoms with Gasteiger partial charge in [-0.2, -0.15) is 0 Å². The van der Waals surface area contributed by atoms with Crippen molar-refractivity contribution in [3.8, 4) is 39.8 Å². The van der Waals surface area contributed by atoms with Gasteiger partial charge in [-0.1, -0.05) is 121 Å². The zero-order valence-corrected chi connectivity index (χ0v) is 30.8. The van der Waals surface area contributed by atoms with Gasteiger partial charge in [-0.25, -0.2) is 0 Å². The molecule has 0 aliphatic carbocycles. The molecule has 266 valence electrons. The Kier molecular flexibility index (Phi) is 6.99. The summed E-state index contributed by atoms with van der Waals surface area (Å²) in [6.45, 7) is -0.0703. The summed E-state index contributed by atoms with van der Waals surface area (Å²) in [5.74, 6) is 3.40. The Hall–Kier alpha value is -7.50. The van der Waals surface area contributed by atoms with Crippen LogP contribution in [0.5, 0.6) is 23.0 Å². The fourth-order valence-electron chi connectivity index (χ4n) is 9.17. The Labute approximate surface area is 330 Å². The van der Waals surface area contributed by atoms with Gasteiger partial charge in [0.05, 0.1) is 11.0 Å². The maximum absolute atomic E-state index is 7.07. The normalized spacial score (nSPS) is 12.5. The Morgan fingerprint density at radius 2 is 1.04 bits per heavy atom. The molecule has 2 aliphatic rings. The number of anilines is 3. The van der Waals surface area contributed by atoms with E-state index >= 15 is 0 Å². The molecule has 0 amide bonds. The van der Waals surface area contributed by atoms with Crippen LogP contribution in [0.15, 0.2) is 200 Å². The summed E-state index contributed by atoms with van der Waals surface area (Å²) in [4.78, 5) is 2.32. The van der Waals surface area contributed by atoms with Gasteiger partial charge < -0.3 is 18.9 Å². The number of ether oxygens (including phenoxy) is 2. The highest BCUT2D eigenvalue weighted by atomic mass is 16.5. The van der Waals surface area contributed by atoms with Crippen molar-refractivity contribution in [1.29, 1.82) is 0 Å². The average Bonchev–Trinajstić information content (AvgIpc) is 3.58. The summed E-state index contributed by atoms with van der Waals surface area (Å²) < 4.78 is 16.2. The Bertz CT molecular complexity index is 3150. The van der Waals surface area contributed by atoms with E-state index < -0.39 is 0 Å². The first-order valence-electron chi connectivity index (χ1n) is 19.5. The molecule has 57 heavy (non-hydrogen) atoms. The van der Waals surface area contributed by atoms with E-state index in [9.17, 15) is 0 Å². The SMILES string of the molecule is c1ccc(N(c2ccccc2)c2ccc3c4cc5c(cc4n(-c4ccccc4)c3c2)B2c3ccccc3Oc3cc(-c4cccc6ccccc46)cc(c32)O5)cc1. The van der Waals surface area contributed by atoms with Crippen LogP contribution in [-0.4, -0.2) is 11.3 Å². The molecule has 10 aromatic rings. The summed E-state index contributed by atoms with van der Waals surface area (Å²) in [6, 6.07) is 71.2. The highest BCUT2D eigenvalue weighted by Crippen LogP contribution is 2.44. The average molecular weight is 729 g/mol. The molecule has 12 rings (SSSR count). The van der Waals surface area contributed by atoms with Crippen molar-refractivity contribution in [1.82, 2.24) is 4.57 Å². The van der Waals surface area contributed by atoms with E-state index in [1.54, 1.807) is 0 Å². The van der Waals surface area contributed by atoms with Crippen molar-refractivity contribution < 1.29 is 9.47 Å². The fraction of sp³-hybridized carbons (Fsp3) is 0. The third kappa shape index (κ3) is 4.95. The zero-order chi connectivity index (χ0) is 37.5. The Morgan fingerprint density at radius 3 is 1.81 bits per heavy atom. The minimum atomic E-state index is -0.0703. The lowest BCUT2D eigenvalue weighted by Gasteiger charge is -2.33. The molecule has 0 saturated carbocycles. The molecule has 0 radical (unpaired) electrons. The smallest absolute Gasteiger partial charge is 0.260 e. The molecule has 0 bridgehead atoms. The molecule has 0 unspecified atom stereocenters. The van der Waals surface area contributed by atoms with E-state index in [1.807, 2.05) is 0 Å². The van der Waals surface area contributed by atoms with Crippen LogP contribution in [0.2, 0.25) is 0 Å². The van der Waals surface area contributed by atoms with Crippen LogP contribution in [0, 0.1) is 0 Å². The topological polar surface area (TPSA) is 26.6 Å². The summed E-state index contributed by atoms with van der Waals surface area (Å²) in [5.41, 5.74) is 12.2. The minimum absolute atomic E-state index is 0.0703. The minimum Gasteiger partial charge on any atom is -0.458 e. The van der Waals surface area contributed by atoms with E-state index in [2.05, 4.69) is 210 Å². The molecule has 0 atom stereocenters. The first-order valence-corrected chi connectivity index (χ1v) is 19.5. The van der Waals surface area contributed by atoms with Gasteiger partial charge in [-0.3, -0.25) is 0 Å². The number of benzene rings is 9. The lowest BCUT2D eigenvalue weighted by molar-refractivity contribution is 0.465. The van der Waals surface area contributed by atoms with Crippen molar-refractivity contribution in [2.75, 3.05) is 4.90 Å². The van der Waals surface area contributed by atoms with Crippen LogP contribution in [-0.2, 0) is 0 Å². The van der Waals surface area contributed by atoms with Crippen molar-refractivity contribution in [3.63, 3.8) is 0 Å². The van der Waals surface area contributed by atoms with Crippen LogP contribution >= 0.6 is 0 Å². The van der Waals surface area contributed by atoms with E-state index in [0.717, 1.165) is 95.1 Å². The molecule has 0 fully saturated rings. The summed E-state index contributed by atoms with van der Waals surface area (Å²) >= 11 is 0. The highest BCUT2D eigenvalue weighted by Gasteiger charge is 2.41. The van der Waals surface area contributed by atoms with Gasteiger partial charge in [0.2, 0.25) is 0 Å². The monoisotopic (exact) mass is 728 g/mol. The maximum Gasteiger partial charge on any atom is 0.260 e. The van der Waals surface area contributed by atoms with Crippen molar-refractivity contribution in [2.45, 2.75) is 0 Å². The van der Waals surface area contributed by atoms with Gasteiger partial charge >= 0.3 is 0 Å². The predicted octanol–water partition coefficient (Wildman–Crippen LogP) is 11.8. The molecule has 2 aliphatic heterocycles. The second-order valence-electron chi connectivity index (χ2n) is 14.9. The zero-order valence-electron chi connectivity index (χ0n) is 30.8. The van der Waals surface area contributed by atoms with Gasteiger partial charge in [0.1, 0.15) is 23.0 Å². The maximum atomic E-state index is 7.07. The van der Waals surface area contributed by atoms with Gasteiger partial charge in [0.25, 0.3) is 6.71 Å². The molecule has 0 N–H and O–H groups in total. The number of aromatic nitrogens is 1. The molecule has 0 spiro atoms. The third-order valence-corrected chi connectivity index (χ3v) is 11.7. The van der Waals surface area contributed by atoms with E-state index in [4.69, 9.17) is 9.47 Å². The Morgan fingerprint density at radius 1 is 0.404 bits per heavy atom. The van der Waals surface area contributed by atoms with Crippen LogP contribution in [0.4, 0.5) is 17.1 Å². The second-order valence-corrected chi connectivity index (χ2v) is 14.9. The molecular formula is C52H33BN2O2. The van der Waals surface area contributed by atoms with Crippen molar-refractivity contribution >= 4 is 72.7 Å². The van der Waals surface area contributed by atoms with Gasteiger partial charge in [0.15, 0.2) is 0 Å². The molecule has 3 heterocycles. The summed E-state index contributed by atoms with van der Waals surface area (Å²) in [6.07, 6.45) is 0. The molecule has 0 saturated heterocycles. The van der Waals surface area contributed by atoms with Crippen LogP contribution < -0.4 is 30.8 Å². The summed E-state index contributed by atoms with van der Waals surface area (Å²) in [5, 5.41) is 4.70. The van der Waals surface area contributed by atoms with Gasteiger partial charge in [0, 0.05) is 39.0 Å². The largest absolute Gasteiger partial charge is 0.458 e. The lowest BCUT2D eigenvalue weighted by atomic mass is 9.35. The van der Waals surface area contributed by atoms with Gasteiger partial charge in [-0.15, -0.1) is 0 Å². The van der Waals surface area contributed by atoms with Gasteiger partial charge in [-0.05, 0) is 112 Å². The molecule has 1 aromatic heterocycles. The number of hydrogen-bond acceptors (Lipinski definition) is 3. The van der Waals surface area contributed by atoms with Crippen molar-refractivity contribution in [2.24, 2.45) is 0 Å². The third-order valence-electron chi connectivity index (χ3n) is 11.7. The number of fused-ring (bicyclic) bond motifs is 8. The predicted molar refractivity (Wildman–Crippen MR) is 236 cm³/mol. The van der Waals surface area contributed by atoms with Crippen LogP contribution in [0.3, 0.4) is 0 Å². The molecule has 9 aromatic carbocycles. The Balaban J connectivity index is 1.10. The lowest BCUT2D eigenvalue weighted by Crippen LogP contribution is -2.57. The van der Waals surface area contributed by atoms with Crippen LogP contribution in [0.25, 0.3) is 49.4 Å². The number of para-hydroxylation sites is 4. The quantitative estimate of drug-likeness (QED) is 0.165. The highest BCUT2D eigenvalue weighted by molar-refractivity contribution is 6.98. The fourth-order valence-corrected chi connectivity index (χ4v) is 9.17. The van der Waals surface area contributed by atoms with E-state index in [-0.39, 0.29) is 6.71 Å². The number of nitrogens with zero attached hydrogens (tertiary/aromatic N) is 2. The second kappa shape index (κ2) is 12.5. The summed E-state index contributed by atoms with van der Waals surface area (Å²) in [7, 11) is 0. The molecular weight excluding hydrogens is 695 g/mol.